The molecule has 7 heteroatoms. The van der Waals surface area contributed by atoms with E-state index in [0.29, 0.717) is 17.3 Å². The minimum absolute atomic E-state index is 0.261. The first-order valence-corrected chi connectivity index (χ1v) is 11.2. The SMILES string of the molecule is Cc1oc(-c2cccs2)nc1C(=O)Nc1ccc(N2CCc3sccc3C2)cc1. The van der Waals surface area contributed by atoms with Crippen LogP contribution in [0.3, 0.4) is 0 Å². The van der Waals surface area contributed by atoms with Crippen molar-refractivity contribution in [1.29, 1.82) is 0 Å². The van der Waals surface area contributed by atoms with Gasteiger partial charge in [-0.3, -0.25) is 4.79 Å². The van der Waals surface area contributed by atoms with Gasteiger partial charge in [-0.15, -0.1) is 22.7 Å². The zero-order chi connectivity index (χ0) is 19.8. The molecule has 0 aliphatic carbocycles. The first-order valence-electron chi connectivity index (χ1n) is 9.40. The highest BCUT2D eigenvalue weighted by atomic mass is 32.1. The second-order valence-corrected chi connectivity index (χ2v) is 8.89. The summed E-state index contributed by atoms with van der Waals surface area (Å²) in [7, 11) is 0. The molecule has 1 N–H and O–H groups in total. The number of hydrogen-bond donors (Lipinski definition) is 1. The van der Waals surface area contributed by atoms with Gasteiger partial charge in [0.15, 0.2) is 5.69 Å². The minimum Gasteiger partial charge on any atom is -0.440 e. The first kappa shape index (κ1) is 18.1. The fraction of sp³-hybridized carbons (Fsp3) is 0.182. The Morgan fingerprint density at radius 1 is 1.14 bits per heavy atom. The summed E-state index contributed by atoms with van der Waals surface area (Å²) in [6.45, 7) is 3.72. The summed E-state index contributed by atoms with van der Waals surface area (Å²) in [5, 5.41) is 7.05. The number of carbonyl (C=O) groups is 1. The Hall–Kier alpha value is -2.90. The van der Waals surface area contributed by atoms with Gasteiger partial charge in [0.25, 0.3) is 5.91 Å². The highest BCUT2D eigenvalue weighted by Gasteiger charge is 2.20. The Morgan fingerprint density at radius 3 is 2.79 bits per heavy atom. The van der Waals surface area contributed by atoms with Gasteiger partial charge in [0, 0.05) is 29.3 Å². The van der Waals surface area contributed by atoms with E-state index < -0.39 is 0 Å². The maximum absolute atomic E-state index is 12.7. The molecule has 1 aliphatic heterocycles. The Bertz CT molecular complexity index is 1140. The van der Waals surface area contributed by atoms with E-state index in [2.05, 4.69) is 38.8 Å². The van der Waals surface area contributed by atoms with Gasteiger partial charge in [-0.1, -0.05) is 6.07 Å². The van der Waals surface area contributed by atoms with Gasteiger partial charge in [0.2, 0.25) is 5.89 Å². The predicted octanol–water partition coefficient (Wildman–Crippen LogP) is 5.59. The third-order valence-corrected chi connectivity index (χ3v) is 6.92. The smallest absolute Gasteiger partial charge is 0.277 e. The van der Waals surface area contributed by atoms with Crippen molar-refractivity contribution in [3.8, 4) is 10.8 Å². The van der Waals surface area contributed by atoms with Crippen molar-refractivity contribution in [3.05, 3.63) is 75.1 Å². The van der Waals surface area contributed by atoms with Crippen molar-refractivity contribution in [3.63, 3.8) is 0 Å². The molecular weight excluding hydrogens is 402 g/mol. The molecule has 5 rings (SSSR count). The minimum atomic E-state index is -0.261. The Balaban J connectivity index is 1.28. The maximum Gasteiger partial charge on any atom is 0.277 e. The third kappa shape index (κ3) is 3.59. The Kier molecular flexibility index (Phi) is 4.69. The largest absolute Gasteiger partial charge is 0.440 e. The number of nitrogens with zero attached hydrogens (tertiary/aromatic N) is 2. The molecule has 1 amide bonds. The molecule has 0 saturated carbocycles. The molecule has 4 aromatic rings. The number of thiophene rings is 2. The van der Waals surface area contributed by atoms with Crippen LogP contribution in [-0.4, -0.2) is 17.4 Å². The number of carbonyl (C=O) groups excluding carboxylic acids is 1. The summed E-state index contributed by atoms with van der Waals surface area (Å²) in [6, 6.07) is 14.1. The van der Waals surface area contributed by atoms with Gasteiger partial charge in [-0.25, -0.2) is 4.98 Å². The fourth-order valence-electron chi connectivity index (χ4n) is 3.53. The molecule has 1 aromatic carbocycles. The van der Waals surface area contributed by atoms with Crippen LogP contribution in [0.2, 0.25) is 0 Å². The van der Waals surface area contributed by atoms with E-state index in [1.165, 1.54) is 21.8 Å². The van der Waals surface area contributed by atoms with E-state index in [4.69, 9.17) is 4.42 Å². The number of rotatable bonds is 4. The Labute approximate surface area is 176 Å². The first-order chi connectivity index (χ1) is 14.2. The van der Waals surface area contributed by atoms with Gasteiger partial charge < -0.3 is 14.6 Å². The van der Waals surface area contributed by atoms with Crippen LogP contribution in [0.5, 0.6) is 0 Å². The number of hydrogen-bond acceptors (Lipinski definition) is 6. The summed E-state index contributed by atoms with van der Waals surface area (Å²) in [5.74, 6) is 0.737. The van der Waals surface area contributed by atoms with Crippen LogP contribution < -0.4 is 10.2 Å². The number of oxazole rings is 1. The fourth-order valence-corrected chi connectivity index (χ4v) is 5.07. The molecule has 0 saturated heterocycles. The van der Waals surface area contributed by atoms with Crippen LogP contribution in [-0.2, 0) is 13.0 Å². The van der Waals surface area contributed by atoms with Gasteiger partial charge in [0.05, 0.1) is 4.88 Å². The van der Waals surface area contributed by atoms with Crippen LogP contribution >= 0.6 is 22.7 Å². The third-order valence-electron chi connectivity index (χ3n) is 5.04. The standard InChI is InChI=1S/C22H19N3O2S2/c1-14-20(24-22(27-14)19-3-2-11-28-19)21(26)23-16-4-6-17(7-5-16)25-10-8-18-15(13-25)9-12-29-18/h2-7,9,11-12H,8,10,13H2,1H3,(H,23,26). The molecule has 0 bridgehead atoms. The molecule has 4 heterocycles. The summed E-state index contributed by atoms with van der Waals surface area (Å²) >= 11 is 3.38. The quantitative estimate of drug-likeness (QED) is 0.467. The number of benzene rings is 1. The normalized spacial score (nSPS) is 13.3. The van der Waals surface area contributed by atoms with Gasteiger partial charge in [0.1, 0.15) is 5.76 Å². The maximum atomic E-state index is 12.7. The van der Waals surface area contributed by atoms with Gasteiger partial charge in [-0.2, -0.15) is 0 Å². The lowest BCUT2D eigenvalue weighted by Gasteiger charge is -2.29. The van der Waals surface area contributed by atoms with Crippen LogP contribution in [0.25, 0.3) is 10.8 Å². The number of aromatic nitrogens is 1. The highest BCUT2D eigenvalue weighted by molar-refractivity contribution is 7.13. The van der Waals surface area contributed by atoms with Crippen LogP contribution in [0.1, 0.15) is 26.7 Å². The zero-order valence-electron chi connectivity index (χ0n) is 15.8. The van der Waals surface area contributed by atoms with Crippen molar-refractivity contribution < 1.29 is 9.21 Å². The van der Waals surface area contributed by atoms with Crippen molar-refractivity contribution >= 4 is 40.0 Å². The van der Waals surface area contributed by atoms with Crippen molar-refractivity contribution in [1.82, 2.24) is 4.98 Å². The molecule has 0 spiro atoms. The molecule has 3 aromatic heterocycles. The van der Waals surface area contributed by atoms with E-state index in [0.717, 1.165) is 35.8 Å². The average molecular weight is 422 g/mol. The molecule has 5 nitrogen and oxygen atoms in total. The van der Waals surface area contributed by atoms with Crippen LogP contribution in [0, 0.1) is 6.92 Å². The second kappa shape index (κ2) is 7.50. The highest BCUT2D eigenvalue weighted by Crippen LogP contribution is 2.29. The molecular formula is C22H19N3O2S2. The van der Waals surface area contributed by atoms with Gasteiger partial charge in [-0.05, 0) is 66.1 Å². The number of fused-ring (bicyclic) bond motifs is 1. The molecule has 1 aliphatic rings. The average Bonchev–Trinajstić information content (AvgIpc) is 3.48. The summed E-state index contributed by atoms with van der Waals surface area (Å²) < 4.78 is 5.67. The van der Waals surface area contributed by atoms with Crippen molar-refractivity contribution in [2.45, 2.75) is 19.9 Å². The summed E-state index contributed by atoms with van der Waals surface area (Å²) in [6.07, 6.45) is 1.09. The second-order valence-electron chi connectivity index (χ2n) is 6.94. The van der Waals surface area contributed by atoms with E-state index in [9.17, 15) is 4.79 Å². The lowest BCUT2D eigenvalue weighted by atomic mass is 10.1. The number of aryl methyl sites for hydroxylation is 1. The monoisotopic (exact) mass is 421 g/mol. The number of amides is 1. The van der Waals surface area contributed by atoms with Crippen molar-refractivity contribution in [2.75, 3.05) is 16.8 Å². The lowest BCUT2D eigenvalue weighted by Crippen LogP contribution is -2.29. The van der Waals surface area contributed by atoms with Gasteiger partial charge >= 0.3 is 0 Å². The molecule has 0 fully saturated rings. The van der Waals surface area contributed by atoms with Crippen LogP contribution in [0.15, 0.2) is 57.6 Å². The molecule has 29 heavy (non-hydrogen) atoms. The van der Waals surface area contributed by atoms with E-state index in [-0.39, 0.29) is 5.91 Å². The van der Waals surface area contributed by atoms with E-state index >= 15 is 0 Å². The predicted molar refractivity (Wildman–Crippen MR) is 118 cm³/mol. The summed E-state index contributed by atoms with van der Waals surface area (Å²) in [5.41, 5.74) is 3.64. The Morgan fingerprint density at radius 2 is 2.00 bits per heavy atom. The van der Waals surface area contributed by atoms with E-state index in [1.807, 2.05) is 41.0 Å². The van der Waals surface area contributed by atoms with Crippen LogP contribution in [0.4, 0.5) is 11.4 Å². The number of nitrogens with one attached hydrogen (secondary N) is 1. The summed E-state index contributed by atoms with van der Waals surface area (Å²) in [4.78, 5) is 21.8. The van der Waals surface area contributed by atoms with Crippen molar-refractivity contribution in [2.24, 2.45) is 0 Å². The molecule has 146 valence electrons. The molecule has 0 radical (unpaired) electrons. The molecule has 0 unspecified atom stereocenters. The topological polar surface area (TPSA) is 58.4 Å². The number of anilines is 2. The lowest BCUT2D eigenvalue weighted by molar-refractivity contribution is 0.102. The van der Waals surface area contributed by atoms with E-state index in [1.54, 1.807) is 6.92 Å². The zero-order valence-corrected chi connectivity index (χ0v) is 17.5. The molecule has 0 atom stereocenters.